The molecule has 3 fully saturated rings. The fourth-order valence-corrected chi connectivity index (χ4v) is 5.12. The van der Waals surface area contributed by atoms with Crippen LogP contribution in [0.1, 0.15) is 59.3 Å². The first-order valence-corrected chi connectivity index (χ1v) is 9.46. The predicted molar refractivity (Wildman–Crippen MR) is 85.8 cm³/mol. The van der Waals surface area contributed by atoms with Crippen LogP contribution in [0.15, 0.2) is 0 Å². The highest BCUT2D eigenvalue weighted by molar-refractivity contribution is 4.72. The van der Waals surface area contributed by atoms with E-state index in [1.165, 1.54) is 64.7 Å². The Bertz CT molecular complexity index is 309. The summed E-state index contributed by atoms with van der Waals surface area (Å²) in [5, 5.41) is 0. The second kappa shape index (κ2) is 6.97. The van der Waals surface area contributed by atoms with Gasteiger partial charge in [0.1, 0.15) is 25.3 Å². The lowest BCUT2D eigenvalue weighted by Crippen LogP contribution is -3.23. The summed E-state index contributed by atoms with van der Waals surface area (Å²) in [5.74, 6) is 0.985. The van der Waals surface area contributed by atoms with Crippen molar-refractivity contribution in [2.45, 2.75) is 83.6 Å². The van der Waals surface area contributed by atoms with Crippen LogP contribution in [-0.4, -0.2) is 50.5 Å². The van der Waals surface area contributed by atoms with E-state index in [9.17, 15) is 0 Å². The molecule has 0 spiro atoms. The predicted octanol–water partition coefficient (Wildman–Crippen LogP) is 0.305. The zero-order valence-corrected chi connectivity index (χ0v) is 14.4. The van der Waals surface area contributed by atoms with Gasteiger partial charge >= 0.3 is 0 Å². The van der Waals surface area contributed by atoms with Gasteiger partial charge in [0, 0.05) is 12.8 Å². The smallest absolute Gasteiger partial charge is 0.104 e. The Morgan fingerprint density at radius 1 is 0.667 bits per heavy atom. The summed E-state index contributed by atoms with van der Waals surface area (Å²) >= 11 is 0. The Hall–Kier alpha value is -0.120. The molecule has 0 bridgehead atoms. The van der Waals surface area contributed by atoms with Crippen molar-refractivity contribution in [3.8, 4) is 0 Å². The molecule has 122 valence electrons. The summed E-state index contributed by atoms with van der Waals surface area (Å²) in [4.78, 5) is 3.77. The highest BCUT2D eigenvalue weighted by atomic mass is 16.5. The average molecular weight is 296 g/mol. The third-order valence-electron chi connectivity index (χ3n) is 6.36. The first-order chi connectivity index (χ1) is 10.1. The van der Waals surface area contributed by atoms with Crippen molar-refractivity contribution >= 4 is 0 Å². The van der Waals surface area contributed by atoms with Gasteiger partial charge in [0.05, 0.1) is 25.2 Å². The van der Waals surface area contributed by atoms with Crippen molar-refractivity contribution in [1.29, 1.82) is 0 Å². The number of morpholine rings is 1. The van der Waals surface area contributed by atoms with Gasteiger partial charge in [-0.3, -0.25) is 0 Å². The van der Waals surface area contributed by atoms with Gasteiger partial charge in [-0.25, -0.2) is 0 Å². The van der Waals surface area contributed by atoms with Crippen molar-refractivity contribution in [3.05, 3.63) is 0 Å². The van der Waals surface area contributed by atoms with E-state index in [0.29, 0.717) is 12.2 Å². The van der Waals surface area contributed by atoms with E-state index in [4.69, 9.17) is 4.74 Å². The van der Waals surface area contributed by atoms with Gasteiger partial charge in [0.15, 0.2) is 0 Å². The van der Waals surface area contributed by atoms with Crippen molar-refractivity contribution in [3.63, 3.8) is 0 Å². The second-order valence-electron chi connectivity index (χ2n) is 8.21. The zero-order chi connectivity index (χ0) is 14.8. The standard InChI is InChI=1S/C18H34N2O/c1-14-4-6-17(7-5-14)19-10-8-18(9-11-19)20-12-15(2)21-16(3)13-20/h14-18H,4-13H2,1-3H3/p+2/t14?,15-,16+,17?. The lowest BCUT2D eigenvalue weighted by molar-refractivity contribution is -0.975. The molecule has 0 aromatic rings. The molecule has 2 heterocycles. The largest absolute Gasteiger partial charge is 0.364 e. The van der Waals surface area contributed by atoms with Crippen LogP contribution in [0.25, 0.3) is 0 Å². The molecule has 3 nitrogen and oxygen atoms in total. The quantitative estimate of drug-likeness (QED) is 0.750. The minimum Gasteiger partial charge on any atom is -0.364 e. The molecule has 21 heavy (non-hydrogen) atoms. The molecule has 1 aliphatic carbocycles. The number of hydrogen-bond donors (Lipinski definition) is 2. The van der Waals surface area contributed by atoms with Crippen LogP contribution in [0.5, 0.6) is 0 Å². The maximum Gasteiger partial charge on any atom is 0.104 e. The molecule has 2 saturated heterocycles. The van der Waals surface area contributed by atoms with E-state index in [0.717, 1.165) is 18.0 Å². The molecule has 3 atom stereocenters. The van der Waals surface area contributed by atoms with Gasteiger partial charge < -0.3 is 14.5 Å². The Morgan fingerprint density at radius 2 is 1.19 bits per heavy atom. The Morgan fingerprint density at radius 3 is 1.76 bits per heavy atom. The van der Waals surface area contributed by atoms with Crippen molar-refractivity contribution in [2.75, 3.05) is 26.2 Å². The summed E-state index contributed by atoms with van der Waals surface area (Å²) in [6.45, 7) is 12.2. The second-order valence-corrected chi connectivity index (χ2v) is 8.21. The number of nitrogens with one attached hydrogen (secondary N) is 2. The summed E-state index contributed by atoms with van der Waals surface area (Å²) < 4.78 is 5.91. The van der Waals surface area contributed by atoms with Crippen molar-refractivity contribution < 1.29 is 14.5 Å². The van der Waals surface area contributed by atoms with E-state index in [1.807, 2.05) is 9.80 Å². The third kappa shape index (κ3) is 4.00. The molecule has 2 aliphatic heterocycles. The molecule has 3 aliphatic rings. The van der Waals surface area contributed by atoms with Gasteiger partial charge in [-0.05, 0) is 45.4 Å². The fourth-order valence-electron chi connectivity index (χ4n) is 5.12. The SMILES string of the molecule is CC1CCC([NH+]2CCC([NH+]3C[C@@H](C)O[C@@H](C)C3)CC2)CC1. The van der Waals surface area contributed by atoms with E-state index < -0.39 is 0 Å². The number of quaternary nitrogens is 2. The van der Waals surface area contributed by atoms with Crippen LogP contribution in [0.3, 0.4) is 0 Å². The van der Waals surface area contributed by atoms with Crippen LogP contribution in [0.2, 0.25) is 0 Å². The topological polar surface area (TPSA) is 18.1 Å². The Labute approximate surface area is 131 Å². The fraction of sp³-hybridized carbons (Fsp3) is 1.00. The van der Waals surface area contributed by atoms with Gasteiger partial charge in [0.25, 0.3) is 0 Å². The number of piperidine rings is 1. The highest BCUT2D eigenvalue weighted by Crippen LogP contribution is 2.22. The summed E-state index contributed by atoms with van der Waals surface area (Å²) in [7, 11) is 0. The van der Waals surface area contributed by atoms with E-state index in [1.54, 1.807) is 0 Å². The first kappa shape index (κ1) is 15.8. The maximum absolute atomic E-state index is 5.91. The minimum atomic E-state index is 0.453. The molecule has 2 N–H and O–H groups in total. The van der Waals surface area contributed by atoms with Crippen LogP contribution >= 0.6 is 0 Å². The monoisotopic (exact) mass is 296 g/mol. The maximum atomic E-state index is 5.91. The van der Waals surface area contributed by atoms with Gasteiger partial charge in [-0.2, -0.15) is 0 Å². The molecule has 1 saturated carbocycles. The Balaban J connectivity index is 1.46. The van der Waals surface area contributed by atoms with Crippen LogP contribution in [0.4, 0.5) is 0 Å². The van der Waals surface area contributed by atoms with E-state index in [-0.39, 0.29) is 0 Å². The molecule has 3 rings (SSSR count). The summed E-state index contributed by atoms with van der Waals surface area (Å²) in [6.07, 6.45) is 9.71. The normalized spacial score (nSPS) is 49.0. The van der Waals surface area contributed by atoms with Crippen molar-refractivity contribution in [2.24, 2.45) is 5.92 Å². The molecule has 0 amide bonds. The molecular weight excluding hydrogens is 260 g/mol. The lowest BCUT2D eigenvalue weighted by atomic mass is 9.85. The summed E-state index contributed by atoms with van der Waals surface area (Å²) in [6, 6.07) is 1.89. The van der Waals surface area contributed by atoms with E-state index >= 15 is 0 Å². The van der Waals surface area contributed by atoms with Crippen molar-refractivity contribution in [1.82, 2.24) is 0 Å². The molecule has 0 aromatic heterocycles. The minimum absolute atomic E-state index is 0.453. The number of hydrogen-bond acceptors (Lipinski definition) is 1. The number of likely N-dealkylation sites (tertiary alicyclic amines) is 1. The van der Waals surface area contributed by atoms with Crippen LogP contribution < -0.4 is 9.80 Å². The molecule has 0 aromatic carbocycles. The molecule has 1 unspecified atom stereocenters. The Kier molecular flexibility index (Phi) is 5.23. The molecular formula is C18H36N2O+2. The van der Waals surface area contributed by atoms with Crippen LogP contribution in [0, 0.1) is 5.92 Å². The third-order valence-corrected chi connectivity index (χ3v) is 6.36. The zero-order valence-electron chi connectivity index (χ0n) is 14.4. The van der Waals surface area contributed by atoms with Crippen LogP contribution in [-0.2, 0) is 4.74 Å². The number of rotatable bonds is 2. The lowest BCUT2D eigenvalue weighted by Gasteiger charge is -2.42. The summed E-state index contributed by atoms with van der Waals surface area (Å²) in [5.41, 5.74) is 0. The first-order valence-electron chi connectivity index (χ1n) is 9.46. The molecule has 0 radical (unpaired) electrons. The van der Waals surface area contributed by atoms with E-state index in [2.05, 4.69) is 20.8 Å². The molecule has 3 heteroatoms. The van der Waals surface area contributed by atoms with Gasteiger partial charge in [0.2, 0.25) is 0 Å². The highest BCUT2D eigenvalue weighted by Gasteiger charge is 2.37. The van der Waals surface area contributed by atoms with Gasteiger partial charge in [-0.15, -0.1) is 0 Å². The average Bonchev–Trinajstić information content (AvgIpc) is 2.47. The van der Waals surface area contributed by atoms with Gasteiger partial charge in [-0.1, -0.05) is 6.92 Å². The number of ether oxygens (including phenoxy) is 1.